The number of hydrogen-bond donors (Lipinski definition) is 1. The molecule has 146 valence electrons. The molecule has 1 aliphatic heterocycles. The van der Waals surface area contributed by atoms with Gasteiger partial charge in [0.25, 0.3) is 11.8 Å². The van der Waals surface area contributed by atoms with Crippen LogP contribution < -0.4 is 5.32 Å². The van der Waals surface area contributed by atoms with Gasteiger partial charge >= 0.3 is 0 Å². The molecule has 8 nitrogen and oxygen atoms in total. The molecule has 1 saturated heterocycles. The predicted octanol–water partition coefficient (Wildman–Crippen LogP) is 1.85. The van der Waals surface area contributed by atoms with Gasteiger partial charge in [-0.15, -0.1) is 0 Å². The number of benzene rings is 1. The van der Waals surface area contributed by atoms with Crippen LogP contribution in [-0.4, -0.2) is 64.2 Å². The maximum absolute atomic E-state index is 13.1. The Morgan fingerprint density at radius 1 is 1.10 bits per heavy atom. The average molecular weight is 388 g/mol. The summed E-state index contributed by atoms with van der Waals surface area (Å²) in [6.45, 7) is 2.87. The molecule has 29 heavy (non-hydrogen) atoms. The second kappa shape index (κ2) is 7.73. The van der Waals surface area contributed by atoms with E-state index in [2.05, 4.69) is 15.2 Å². The van der Waals surface area contributed by atoms with Gasteiger partial charge in [-0.3, -0.25) is 14.0 Å². The summed E-state index contributed by atoms with van der Waals surface area (Å²) in [4.78, 5) is 34.3. The minimum absolute atomic E-state index is 0.125. The number of rotatable bonds is 3. The molecule has 1 fully saturated rings. The Hall–Kier alpha value is -3.70. The molecule has 3 heterocycles. The van der Waals surface area contributed by atoms with Crippen LogP contribution in [0.2, 0.25) is 0 Å². The highest BCUT2D eigenvalue weighted by molar-refractivity contribution is 6.06. The third kappa shape index (κ3) is 3.68. The van der Waals surface area contributed by atoms with Crippen molar-refractivity contribution in [2.45, 2.75) is 0 Å². The fourth-order valence-electron chi connectivity index (χ4n) is 3.37. The molecule has 1 N–H and O–H groups in total. The lowest BCUT2D eigenvalue weighted by Crippen LogP contribution is -2.47. The van der Waals surface area contributed by atoms with Crippen molar-refractivity contribution in [3.63, 3.8) is 0 Å². The van der Waals surface area contributed by atoms with Crippen molar-refractivity contribution < 1.29 is 9.59 Å². The van der Waals surface area contributed by atoms with Crippen LogP contribution in [0.1, 0.15) is 26.7 Å². The molecular weight excluding hydrogens is 368 g/mol. The van der Waals surface area contributed by atoms with Crippen molar-refractivity contribution in [1.29, 1.82) is 5.26 Å². The molecular formula is C21H20N6O2. The summed E-state index contributed by atoms with van der Waals surface area (Å²) < 4.78 is 1.62. The second-order valence-electron chi connectivity index (χ2n) is 6.98. The Bertz CT molecular complexity index is 1120. The van der Waals surface area contributed by atoms with Crippen molar-refractivity contribution >= 4 is 23.0 Å². The summed E-state index contributed by atoms with van der Waals surface area (Å²) in [6.07, 6.45) is 1.71. The number of aromatic nitrogens is 2. The fourth-order valence-corrected chi connectivity index (χ4v) is 3.37. The third-order valence-corrected chi connectivity index (χ3v) is 4.99. The minimum Gasteiger partial charge on any atom is -0.335 e. The number of nitriles is 1. The molecule has 2 amide bonds. The SMILES string of the molecule is CN1CCN(C(=O)c2nc(C(=O)Nc3cccc(C#N)c3)n3ccccc23)CC1. The monoisotopic (exact) mass is 388 g/mol. The van der Waals surface area contributed by atoms with Crippen LogP contribution in [0.3, 0.4) is 0 Å². The van der Waals surface area contributed by atoms with Crippen molar-refractivity contribution in [3.05, 3.63) is 65.7 Å². The minimum atomic E-state index is -0.446. The van der Waals surface area contributed by atoms with Crippen LogP contribution in [0.4, 0.5) is 5.69 Å². The van der Waals surface area contributed by atoms with Gasteiger partial charge in [0.15, 0.2) is 5.69 Å². The maximum Gasteiger partial charge on any atom is 0.292 e. The smallest absolute Gasteiger partial charge is 0.292 e. The van der Waals surface area contributed by atoms with E-state index in [-0.39, 0.29) is 17.4 Å². The summed E-state index contributed by atoms with van der Waals surface area (Å²) in [5, 5.41) is 11.8. The summed E-state index contributed by atoms with van der Waals surface area (Å²) in [6, 6.07) is 14.1. The molecule has 1 aromatic carbocycles. The third-order valence-electron chi connectivity index (χ3n) is 4.99. The Morgan fingerprint density at radius 3 is 2.66 bits per heavy atom. The summed E-state index contributed by atoms with van der Waals surface area (Å²) in [7, 11) is 2.03. The average Bonchev–Trinajstić information content (AvgIpc) is 3.14. The number of nitrogens with one attached hydrogen (secondary N) is 1. The zero-order valence-electron chi connectivity index (χ0n) is 16.0. The molecule has 2 aromatic heterocycles. The van der Waals surface area contributed by atoms with Gasteiger partial charge in [0, 0.05) is 38.1 Å². The Kier molecular flexibility index (Phi) is 4.97. The molecule has 0 bridgehead atoms. The fraction of sp³-hybridized carbons (Fsp3) is 0.238. The van der Waals surface area contributed by atoms with E-state index < -0.39 is 5.91 Å². The lowest BCUT2D eigenvalue weighted by atomic mass is 10.2. The number of amides is 2. The molecule has 3 aromatic rings. The predicted molar refractivity (Wildman–Crippen MR) is 108 cm³/mol. The van der Waals surface area contributed by atoms with E-state index in [0.717, 1.165) is 13.1 Å². The first-order valence-corrected chi connectivity index (χ1v) is 9.33. The van der Waals surface area contributed by atoms with E-state index in [1.54, 1.807) is 51.9 Å². The Balaban J connectivity index is 1.66. The van der Waals surface area contributed by atoms with Gasteiger partial charge in [-0.05, 0) is 37.4 Å². The number of fused-ring (bicyclic) bond motifs is 1. The summed E-state index contributed by atoms with van der Waals surface area (Å²) in [5.41, 5.74) is 1.80. The van der Waals surface area contributed by atoms with E-state index in [9.17, 15) is 9.59 Å². The number of nitrogens with zero attached hydrogens (tertiary/aromatic N) is 5. The first kappa shape index (κ1) is 18.7. The number of imidazole rings is 1. The van der Waals surface area contributed by atoms with Crippen LogP contribution in [0.15, 0.2) is 48.7 Å². The van der Waals surface area contributed by atoms with Crippen molar-refractivity contribution in [2.75, 3.05) is 38.5 Å². The lowest BCUT2D eigenvalue weighted by molar-refractivity contribution is 0.0661. The van der Waals surface area contributed by atoms with Crippen molar-refractivity contribution in [2.24, 2.45) is 0 Å². The number of pyridine rings is 1. The highest BCUT2D eigenvalue weighted by Gasteiger charge is 2.27. The molecule has 0 spiro atoms. The van der Waals surface area contributed by atoms with E-state index in [1.165, 1.54) is 0 Å². The highest BCUT2D eigenvalue weighted by Crippen LogP contribution is 2.18. The molecule has 0 radical (unpaired) electrons. The summed E-state index contributed by atoms with van der Waals surface area (Å²) >= 11 is 0. The van der Waals surface area contributed by atoms with Gasteiger partial charge in [-0.1, -0.05) is 12.1 Å². The molecule has 0 unspecified atom stereocenters. The number of piperazine rings is 1. The van der Waals surface area contributed by atoms with Crippen LogP contribution in [0.5, 0.6) is 0 Å². The Morgan fingerprint density at radius 2 is 1.90 bits per heavy atom. The topological polar surface area (TPSA) is 93.7 Å². The van der Waals surface area contributed by atoms with Crippen LogP contribution in [-0.2, 0) is 0 Å². The second-order valence-corrected chi connectivity index (χ2v) is 6.98. The normalized spacial score (nSPS) is 14.6. The van der Waals surface area contributed by atoms with E-state index in [1.807, 2.05) is 19.2 Å². The number of anilines is 1. The standard InChI is InChI=1S/C21H20N6O2/c1-25-9-11-26(12-10-25)21(29)18-17-7-2-3-8-27(17)19(24-18)20(28)23-16-6-4-5-15(13-16)14-22/h2-8,13H,9-12H2,1H3,(H,23,28). The quantitative estimate of drug-likeness (QED) is 0.739. The van der Waals surface area contributed by atoms with Crippen LogP contribution in [0.25, 0.3) is 5.52 Å². The molecule has 0 saturated carbocycles. The maximum atomic E-state index is 13.1. The molecule has 4 rings (SSSR count). The van der Waals surface area contributed by atoms with Gasteiger partial charge in [0.1, 0.15) is 0 Å². The highest BCUT2D eigenvalue weighted by atomic mass is 16.2. The number of carbonyl (C=O) groups excluding carboxylic acids is 2. The van der Waals surface area contributed by atoms with Gasteiger partial charge < -0.3 is 15.1 Å². The molecule has 1 aliphatic rings. The van der Waals surface area contributed by atoms with E-state index in [4.69, 9.17) is 5.26 Å². The largest absolute Gasteiger partial charge is 0.335 e. The molecule has 0 aliphatic carbocycles. The first-order valence-electron chi connectivity index (χ1n) is 9.33. The number of likely N-dealkylation sites (N-methyl/N-ethyl adjacent to an activating group) is 1. The van der Waals surface area contributed by atoms with Crippen molar-refractivity contribution in [1.82, 2.24) is 19.2 Å². The number of carbonyl (C=O) groups is 2. The Labute approximate surface area is 168 Å². The van der Waals surface area contributed by atoms with Crippen LogP contribution >= 0.6 is 0 Å². The zero-order chi connectivity index (χ0) is 20.4. The van der Waals surface area contributed by atoms with Gasteiger partial charge in [-0.25, -0.2) is 4.98 Å². The number of hydrogen-bond acceptors (Lipinski definition) is 5. The van der Waals surface area contributed by atoms with E-state index >= 15 is 0 Å². The van der Waals surface area contributed by atoms with Crippen molar-refractivity contribution in [3.8, 4) is 6.07 Å². The van der Waals surface area contributed by atoms with Crippen LogP contribution in [0, 0.1) is 11.3 Å². The molecule has 8 heteroatoms. The first-order chi connectivity index (χ1) is 14.1. The van der Waals surface area contributed by atoms with Gasteiger partial charge in [0.2, 0.25) is 5.82 Å². The zero-order valence-corrected chi connectivity index (χ0v) is 16.0. The van der Waals surface area contributed by atoms with E-state index in [0.29, 0.717) is 29.9 Å². The van der Waals surface area contributed by atoms with Gasteiger partial charge in [0.05, 0.1) is 17.1 Å². The summed E-state index contributed by atoms with van der Waals surface area (Å²) in [5.74, 6) is -0.494. The lowest BCUT2D eigenvalue weighted by Gasteiger charge is -2.32. The molecule has 0 atom stereocenters. The van der Waals surface area contributed by atoms with Gasteiger partial charge in [-0.2, -0.15) is 5.26 Å².